The molecule has 1 saturated heterocycles. The molecule has 4 atom stereocenters. The first kappa shape index (κ1) is 20.8. The van der Waals surface area contributed by atoms with Crippen molar-refractivity contribution in [2.24, 2.45) is 0 Å². The maximum absolute atomic E-state index is 12.1. The molecule has 0 unspecified atom stereocenters. The van der Waals surface area contributed by atoms with E-state index in [1.165, 1.54) is 5.56 Å². The lowest BCUT2D eigenvalue weighted by Crippen LogP contribution is -2.44. The minimum Gasteiger partial charge on any atom is -0.395 e. The van der Waals surface area contributed by atoms with Crippen molar-refractivity contribution < 1.29 is 20.1 Å². The zero-order chi connectivity index (χ0) is 18.9. The molecule has 0 bridgehead atoms. The number of rotatable bonds is 10. The van der Waals surface area contributed by atoms with Gasteiger partial charge in [-0.25, -0.2) is 0 Å². The number of hydrogen-bond donors (Lipinski definition) is 4. The monoisotopic (exact) mass is 364 g/mol. The third-order valence-corrected chi connectivity index (χ3v) is 5.12. The molecule has 1 aliphatic heterocycles. The fourth-order valence-corrected chi connectivity index (χ4v) is 3.67. The van der Waals surface area contributed by atoms with Crippen molar-refractivity contribution >= 4 is 5.91 Å². The summed E-state index contributed by atoms with van der Waals surface area (Å²) in [5.41, 5.74) is 1.28. The largest absolute Gasteiger partial charge is 0.395 e. The molecular formula is C20H32N2O4. The highest BCUT2D eigenvalue weighted by Gasteiger charge is 2.47. The van der Waals surface area contributed by atoms with Gasteiger partial charge in [0.2, 0.25) is 5.91 Å². The molecule has 6 nitrogen and oxygen atoms in total. The maximum Gasteiger partial charge on any atom is 0.221 e. The summed E-state index contributed by atoms with van der Waals surface area (Å²) in [5.74, 6) is -0.129. The summed E-state index contributed by atoms with van der Waals surface area (Å²) in [4.78, 5) is 14.0. The number of benzene rings is 1. The van der Waals surface area contributed by atoms with Crippen molar-refractivity contribution in [2.75, 3.05) is 19.7 Å². The lowest BCUT2D eigenvalue weighted by Gasteiger charge is -2.29. The minimum atomic E-state index is -1.03. The van der Waals surface area contributed by atoms with E-state index in [9.17, 15) is 20.1 Å². The van der Waals surface area contributed by atoms with E-state index in [0.29, 0.717) is 13.1 Å². The Bertz CT molecular complexity index is 540. The molecule has 0 aromatic heterocycles. The van der Waals surface area contributed by atoms with Gasteiger partial charge in [0.1, 0.15) is 0 Å². The Kier molecular flexibility index (Phi) is 8.51. The average Bonchev–Trinajstić information content (AvgIpc) is 2.88. The van der Waals surface area contributed by atoms with Crippen LogP contribution in [0.3, 0.4) is 0 Å². The van der Waals surface area contributed by atoms with Gasteiger partial charge >= 0.3 is 0 Å². The predicted molar refractivity (Wildman–Crippen MR) is 101 cm³/mol. The van der Waals surface area contributed by atoms with Crippen molar-refractivity contribution in [3.8, 4) is 0 Å². The lowest BCUT2D eigenvalue weighted by atomic mass is 10.1. The number of aliphatic hydroxyl groups excluding tert-OH is 3. The zero-order valence-corrected chi connectivity index (χ0v) is 15.6. The third-order valence-electron chi connectivity index (χ3n) is 5.12. The van der Waals surface area contributed by atoms with E-state index in [1.54, 1.807) is 0 Å². The van der Waals surface area contributed by atoms with E-state index < -0.39 is 24.3 Å². The van der Waals surface area contributed by atoms with Gasteiger partial charge in [-0.15, -0.1) is 0 Å². The summed E-state index contributed by atoms with van der Waals surface area (Å²) < 4.78 is 0. The molecular weight excluding hydrogens is 332 g/mol. The van der Waals surface area contributed by atoms with E-state index in [2.05, 4.69) is 17.4 Å². The summed E-state index contributed by atoms with van der Waals surface area (Å²) in [6.45, 7) is 2.99. The zero-order valence-electron chi connectivity index (χ0n) is 15.6. The van der Waals surface area contributed by atoms with Crippen LogP contribution in [-0.4, -0.2) is 70.1 Å². The van der Waals surface area contributed by atoms with E-state index in [4.69, 9.17) is 0 Å². The average molecular weight is 364 g/mol. The number of carbonyl (C=O) groups excluding carboxylic acids is 1. The molecule has 146 valence electrons. The second-order valence-electron chi connectivity index (χ2n) is 7.03. The number of amides is 1. The number of nitrogens with zero attached hydrogens (tertiary/aromatic N) is 1. The topological polar surface area (TPSA) is 93.0 Å². The van der Waals surface area contributed by atoms with Crippen LogP contribution in [0.5, 0.6) is 0 Å². The lowest BCUT2D eigenvalue weighted by molar-refractivity contribution is -0.123. The van der Waals surface area contributed by atoms with Crippen LogP contribution in [0.4, 0.5) is 0 Å². The Labute approximate surface area is 155 Å². The van der Waals surface area contributed by atoms with Gasteiger partial charge < -0.3 is 20.6 Å². The molecule has 1 aliphatic rings. The van der Waals surface area contributed by atoms with Gasteiger partial charge in [-0.1, -0.05) is 37.3 Å². The highest BCUT2D eigenvalue weighted by atomic mass is 16.3. The number of hydrogen-bond acceptors (Lipinski definition) is 5. The van der Waals surface area contributed by atoms with Crippen LogP contribution in [0.25, 0.3) is 0 Å². The van der Waals surface area contributed by atoms with Crippen LogP contribution in [-0.2, 0) is 11.2 Å². The van der Waals surface area contributed by atoms with Gasteiger partial charge in [0.25, 0.3) is 0 Å². The first-order valence-electron chi connectivity index (χ1n) is 9.61. The Morgan fingerprint density at radius 2 is 1.81 bits per heavy atom. The summed E-state index contributed by atoms with van der Waals surface area (Å²) in [6, 6.07) is 9.25. The molecule has 0 aliphatic carbocycles. The first-order valence-corrected chi connectivity index (χ1v) is 9.61. The van der Waals surface area contributed by atoms with Crippen LogP contribution < -0.4 is 5.32 Å². The Balaban J connectivity index is 1.90. The summed E-state index contributed by atoms with van der Waals surface area (Å²) >= 11 is 0. The van der Waals surface area contributed by atoms with Crippen LogP contribution in [0.15, 0.2) is 30.3 Å². The normalized spacial score (nSPS) is 26.2. The number of aryl methyl sites for hydroxylation is 1. The fraction of sp³-hybridized carbons (Fsp3) is 0.650. The fourth-order valence-electron chi connectivity index (χ4n) is 3.67. The van der Waals surface area contributed by atoms with Gasteiger partial charge in [0.05, 0.1) is 24.9 Å². The highest BCUT2D eigenvalue weighted by Crippen LogP contribution is 2.28. The molecule has 0 radical (unpaired) electrons. The Morgan fingerprint density at radius 1 is 1.12 bits per heavy atom. The summed E-state index contributed by atoms with van der Waals surface area (Å²) in [7, 11) is 0. The quantitative estimate of drug-likeness (QED) is 0.459. The number of unbranched alkanes of at least 4 members (excludes halogenated alkanes) is 1. The summed E-state index contributed by atoms with van der Waals surface area (Å²) in [5, 5.41) is 33.0. The van der Waals surface area contributed by atoms with Crippen molar-refractivity contribution in [2.45, 2.75) is 63.3 Å². The van der Waals surface area contributed by atoms with E-state index in [0.717, 1.165) is 25.7 Å². The Hall–Kier alpha value is -1.47. The number of aliphatic hydroxyl groups is 3. The van der Waals surface area contributed by atoms with Gasteiger partial charge in [-0.2, -0.15) is 0 Å². The molecule has 0 spiro atoms. The standard InChI is InChI=1S/C20H32N2O4/c1-2-11-21-18(24)13-16-19(25)20(26)17(14-23)22(16)12-7-6-10-15-8-4-3-5-9-15/h3-5,8-9,16-17,19-20,23,25-26H,2,6-7,10-14H2,1H3,(H,21,24)/t16-,17-,19+,20-/m1/s1. The van der Waals surface area contributed by atoms with Crippen LogP contribution in [0.2, 0.25) is 0 Å². The number of nitrogens with one attached hydrogen (secondary N) is 1. The molecule has 4 N–H and O–H groups in total. The molecule has 1 fully saturated rings. The van der Waals surface area contributed by atoms with Crippen LogP contribution in [0.1, 0.15) is 38.2 Å². The van der Waals surface area contributed by atoms with Gasteiger partial charge in [-0.05, 0) is 37.8 Å². The number of likely N-dealkylation sites (tertiary alicyclic amines) is 1. The van der Waals surface area contributed by atoms with Crippen molar-refractivity contribution in [1.29, 1.82) is 0 Å². The third kappa shape index (κ3) is 5.51. The molecule has 1 heterocycles. The molecule has 0 saturated carbocycles. The highest BCUT2D eigenvalue weighted by molar-refractivity contribution is 5.76. The Morgan fingerprint density at radius 3 is 2.46 bits per heavy atom. The number of carbonyl (C=O) groups is 1. The minimum absolute atomic E-state index is 0.129. The first-order chi connectivity index (χ1) is 12.6. The summed E-state index contributed by atoms with van der Waals surface area (Å²) in [6.07, 6.45) is 1.74. The van der Waals surface area contributed by atoms with Crippen molar-refractivity contribution in [3.05, 3.63) is 35.9 Å². The van der Waals surface area contributed by atoms with Gasteiger partial charge in [-0.3, -0.25) is 9.69 Å². The molecule has 1 amide bonds. The predicted octanol–water partition coefficient (Wildman–Crippen LogP) is 0.692. The van der Waals surface area contributed by atoms with Crippen LogP contribution >= 0.6 is 0 Å². The molecule has 6 heteroatoms. The second kappa shape index (κ2) is 10.6. The van der Waals surface area contributed by atoms with Crippen molar-refractivity contribution in [1.82, 2.24) is 10.2 Å². The van der Waals surface area contributed by atoms with E-state index in [1.807, 2.05) is 30.0 Å². The van der Waals surface area contributed by atoms with E-state index >= 15 is 0 Å². The molecule has 26 heavy (non-hydrogen) atoms. The maximum atomic E-state index is 12.1. The van der Waals surface area contributed by atoms with Gasteiger partial charge in [0, 0.05) is 19.0 Å². The molecule has 1 aromatic carbocycles. The second-order valence-corrected chi connectivity index (χ2v) is 7.03. The molecule has 2 rings (SSSR count). The molecule has 1 aromatic rings. The van der Waals surface area contributed by atoms with Crippen LogP contribution in [0, 0.1) is 0 Å². The van der Waals surface area contributed by atoms with Crippen molar-refractivity contribution in [3.63, 3.8) is 0 Å². The van der Waals surface area contributed by atoms with Gasteiger partial charge in [0.15, 0.2) is 0 Å². The van der Waals surface area contributed by atoms with E-state index in [-0.39, 0.29) is 18.9 Å². The SMILES string of the molecule is CCCNC(=O)C[C@@H]1[C@H](O)[C@H](O)[C@@H](CO)N1CCCCc1ccccc1. The smallest absolute Gasteiger partial charge is 0.221 e.